The number of halogens is 2. The molecular formula is C22H18Br2N2OS. The van der Waals surface area contributed by atoms with Crippen molar-refractivity contribution in [3.05, 3.63) is 67.7 Å². The van der Waals surface area contributed by atoms with Crippen LogP contribution in [0.25, 0.3) is 34.0 Å². The molecule has 4 rings (SSSR count). The van der Waals surface area contributed by atoms with Crippen LogP contribution in [0.2, 0.25) is 0 Å². The predicted octanol–water partition coefficient (Wildman–Crippen LogP) is 7.95. The molecule has 2 aromatic carbocycles. The van der Waals surface area contributed by atoms with Crippen molar-refractivity contribution in [1.29, 1.82) is 0 Å². The monoisotopic (exact) mass is 516 g/mol. The molecule has 3 nitrogen and oxygen atoms in total. The predicted molar refractivity (Wildman–Crippen MR) is 123 cm³/mol. The first-order valence-electron chi connectivity index (χ1n) is 8.81. The SMILES string of the molecule is CC(C)(C)c1ccc(-c2nnc(-c3ccc(-c4cc(Br)sc4Br)cc3)o2)cc1. The molecule has 0 aliphatic heterocycles. The van der Waals surface area contributed by atoms with E-state index >= 15 is 0 Å². The second-order valence-corrected chi connectivity index (χ2v) is 11.3. The summed E-state index contributed by atoms with van der Waals surface area (Å²) in [6, 6.07) is 18.6. The molecular weight excluding hydrogens is 500 g/mol. The minimum absolute atomic E-state index is 0.118. The quantitative estimate of drug-likeness (QED) is 0.276. The summed E-state index contributed by atoms with van der Waals surface area (Å²) in [5.41, 5.74) is 5.52. The van der Waals surface area contributed by atoms with Crippen LogP contribution in [0, 0.1) is 0 Å². The lowest BCUT2D eigenvalue weighted by molar-refractivity contribution is 0.582. The molecule has 28 heavy (non-hydrogen) atoms. The summed E-state index contributed by atoms with van der Waals surface area (Å²) in [4.78, 5) is 0. The van der Waals surface area contributed by atoms with Gasteiger partial charge in [0, 0.05) is 16.7 Å². The fraction of sp³-hybridized carbons (Fsp3) is 0.182. The van der Waals surface area contributed by atoms with Gasteiger partial charge < -0.3 is 4.42 Å². The number of rotatable bonds is 3. The highest BCUT2D eigenvalue weighted by Gasteiger charge is 2.15. The average molecular weight is 518 g/mol. The van der Waals surface area contributed by atoms with Crippen molar-refractivity contribution >= 4 is 43.2 Å². The summed E-state index contributed by atoms with van der Waals surface area (Å²) in [5, 5.41) is 8.45. The number of hydrogen-bond donors (Lipinski definition) is 0. The Balaban J connectivity index is 1.58. The summed E-state index contributed by atoms with van der Waals surface area (Å²) in [6.07, 6.45) is 0. The number of nitrogens with zero attached hydrogens (tertiary/aromatic N) is 2. The number of benzene rings is 2. The molecule has 0 saturated heterocycles. The fourth-order valence-corrected chi connectivity index (χ4v) is 5.77. The van der Waals surface area contributed by atoms with E-state index in [1.54, 1.807) is 11.3 Å². The lowest BCUT2D eigenvalue weighted by atomic mass is 9.87. The maximum Gasteiger partial charge on any atom is 0.248 e. The number of thiophene rings is 1. The van der Waals surface area contributed by atoms with Gasteiger partial charge in [-0.1, -0.05) is 45.0 Å². The third-order valence-electron chi connectivity index (χ3n) is 4.52. The second kappa shape index (κ2) is 7.58. The van der Waals surface area contributed by atoms with Crippen LogP contribution < -0.4 is 0 Å². The Morgan fingerprint density at radius 3 is 1.75 bits per heavy atom. The van der Waals surface area contributed by atoms with E-state index in [0.29, 0.717) is 11.8 Å². The highest BCUT2D eigenvalue weighted by molar-refractivity contribution is 9.12. The number of hydrogen-bond acceptors (Lipinski definition) is 4. The smallest absolute Gasteiger partial charge is 0.248 e. The van der Waals surface area contributed by atoms with Crippen molar-refractivity contribution in [2.75, 3.05) is 0 Å². The Bertz CT molecular complexity index is 1110. The van der Waals surface area contributed by atoms with Crippen LogP contribution in [-0.2, 0) is 5.41 Å². The molecule has 6 heteroatoms. The Kier molecular flexibility index (Phi) is 5.29. The van der Waals surface area contributed by atoms with Crippen LogP contribution >= 0.6 is 43.2 Å². The van der Waals surface area contributed by atoms with Gasteiger partial charge in [0.2, 0.25) is 11.8 Å². The van der Waals surface area contributed by atoms with Gasteiger partial charge in [-0.2, -0.15) is 0 Å². The van der Waals surface area contributed by atoms with Crippen LogP contribution in [0.3, 0.4) is 0 Å². The Labute approximate surface area is 185 Å². The van der Waals surface area contributed by atoms with Gasteiger partial charge in [0.25, 0.3) is 0 Å². The van der Waals surface area contributed by atoms with Crippen molar-refractivity contribution in [2.45, 2.75) is 26.2 Å². The molecule has 0 atom stereocenters. The van der Waals surface area contributed by atoms with Crippen LogP contribution in [-0.4, -0.2) is 10.2 Å². The summed E-state index contributed by atoms with van der Waals surface area (Å²) >= 11 is 8.80. The molecule has 0 bridgehead atoms. The van der Waals surface area contributed by atoms with Gasteiger partial charge in [-0.15, -0.1) is 21.5 Å². The summed E-state index contributed by atoms with van der Waals surface area (Å²) < 4.78 is 8.12. The third-order valence-corrected chi connectivity index (χ3v) is 6.86. The van der Waals surface area contributed by atoms with E-state index in [-0.39, 0.29) is 5.41 Å². The first kappa shape index (κ1) is 19.6. The van der Waals surface area contributed by atoms with E-state index in [1.807, 2.05) is 24.3 Å². The summed E-state index contributed by atoms with van der Waals surface area (Å²) in [6.45, 7) is 6.59. The molecule has 0 spiro atoms. The molecule has 0 unspecified atom stereocenters. The Morgan fingerprint density at radius 2 is 1.29 bits per heavy atom. The maximum absolute atomic E-state index is 5.92. The molecule has 0 radical (unpaired) electrons. The lowest BCUT2D eigenvalue weighted by Crippen LogP contribution is -2.10. The first-order chi connectivity index (χ1) is 13.3. The lowest BCUT2D eigenvalue weighted by Gasteiger charge is -2.18. The van der Waals surface area contributed by atoms with Gasteiger partial charge in [0.15, 0.2) is 0 Å². The van der Waals surface area contributed by atoms with Gasteiger partial charge in [-0.3, -0.25) is 0 Å². The van der Waals surface area contributed by atoms with E-state index in [9.17, 15) is 0 Å². The summed E-state index contributed by atoms with van der Waals surface area (Å²) in [7, 11) is 0. The van der Waals surface area contributed by atoms with Crippen LogP contribution in [0.15, 0.2) is 66.6 Å². The normalized spacial score (nSPS) is 11.8. The zero-order chi connectivity index (χ0) is 19.9. The van der Waals surface area contributed by atoms with E-state index in [1.165, 1.54) is 5.56 Å². The largest absolute Gasteiger partial charge is 0.416 e. The van der Waals surface area contributed by atoms with Gasteiger partial charge >= 0.3 is 0 Å². The molecule has 0 aliphatic carbocycles. The topological polar surface area (TPSA) is 38.9 Å². The van der Waals surface area contributed by atoms with Crippen molar-refractivity contribution in [1.82, 2.24) is 10.2 Å². The minimum atomic E-state index is 0.118. The molecule has 2 heterocycles. The van der Waals surface area contributed by atoms with Gasteiger partial charge in [0.1, 0.15) is 0 Å². The first-order valence-corrected chi connectivity index (χ1v) is 11.2. The molecule has 142 valence electrons. The van der Waals surface area contributed by atoms with E-state index in [2.05, 4.69) is 93.2 Å². The molecule has 0 saturated carbocycles. The second-order valence-electron chi connectivity index (χ2n) is 7.55. The van der Waals surface area contributed by atoms with Gasteiger partial charge in [-0.25, -0.2) is 0 Å². The third kappa shape index (κ3) is 4.00. The number of aromatic nitrogens is 2. The van der Waals surface area contributed by atoms with Crippen molar-refractivity contribution in [3.8, 4) is 34.0 Å². The van der Waals surface area contributed by atoms with Gasteiger partial charge in [0.05, 0.1) is 7.57 Å². The molecule has 4 aromatic rings. The fourth-order valence-electron chi connectivity index (χ4n) is 2.90. The van der Waals surface area contributed by atoms with Crippen LogP contribution in [0.4, 0.5) is 0 Å². The van der Waals surface area contributed by atoms with Crippen molar-refractivity contribution in [3.63, 3.8) is 0 Å². The highest BCUT2D eigenvalue weighted by Crippen LogP contribution is 2.39. The zero-order valence-electron chi connectivity index (χ0n) is 15.7. The average Bonchev–Trinajstić information content (AvgIpc) is 3.28. The van der Waals surface area contributed by atoms with E-state index < -0.39 is 0 Å². The Hall–Kier alpha value is -1.76. The van der Waals surface area contributed by atoms with Crippen molar-refractivity contribution < 1.29 is 4.42 Å². The van der Waals surface area contributed by atoms with E-state index in [4.69, 9.17) is 4.42 Å². The van der Waals surface area contributed by atoms with Crippen LogP contribution in [0.5, 0.6) is 0 Å². The van der Waals surface area contributed by atoms with E-state index in [0.717, 1.165) is 29.8 Å². The minimum Gasteiger partial charge on any atom is -0.416 e. The van der Waals surface area contributed by atoms with Gasteiger partial charge in [-0.05, 0) is 78.7 Å². The van der Waals surface area contributed by atoms with Crippen molar-refractivity contribution in [2.24, 2.45) is 0 Å². The van der Waals surface area contributed by atoms with Crippen LogP contribution in [0.1, 0.15) is 26.3 Å². The molecule has 0 aliphatic rings. The molecule has 2 aromatic heterocycles. The molecule has 0 fully saturated rings. The molecule has 0 amide bonds. The Morgan fingerprint density at radius 1 is 0.786 bits per heavy atom. The zero-order valence-corrected chi connectivity index (χ0v) is 19.7. The highest BCUT2D eigenvalue weighted by atomic mass is 79.9. The summed E-state index contributed by atoms with van der Waals surface area (Å²) in [5.74, 6) is 1.05. The maximum atomic E-state index is 5.92. The molecule has 0 N–H and O–H groups in total. The standard InChI is InChI=1S/C22H18Br2N2OS/c1-22(2,3)16-10-8-15(9-11-16)21-26-25-20(27-21)14-6-4-13(5-7-14)17-12-18(23)28-19(17)24/h4-12H,1-3H3.